The van der Waals surface area contributed by atoms with Gasteiger partial charge in [-0.05, 0) is 12.0 Å². The number of methoxy groups -OCH3 is 1. The third kappa shape index (κ3) is 2.78. The van der Waals surface area contributed by atoms with Crippen molar-refractivity contribution in [3.05, 3.63) is 47.5 Å². The molecule has 22 heavy (non-hydrogen) atoms. The molecule has 5 nitrogen and oxygen atoms in total. The zero-order valence-electron chi connectivity index (χ0n) is 12.4. The van der Waals surface area contributed by atoms with E-state index in [1.807, 2.05) is 30.3 Å². The van der Waals surface area contributed by atoms with Crippen LogP contribution in [0.5, 0.6) is 0 Å². The van der Waals surface area contributed by atoms with Gasteiger partial charge in [0.15, 0.2) is 12.0 Å². The van der Waals surface area contributed by atoms with Crippen LogP contribution in [0.2, 0.25) is 0 Å². The lowest BCUT2D eigenvalue weighted by Crippen LogP contribution is -2.10. The van der Waals surface area contributed by atoms with Gasteiger partial charge in [-0.25, -0.2) is 14.1 Å². The van der Waals surface area contributed by atoms with Gasteiger partial charge in [0.05, 0.1) is 6.04 Å². The van der Waals surface area contributed by atoms with Gasteiger partial charge in [-0.3, -0.25) is 4.79 Å². The third-order valence-electron chi connectivity index (χ3n) is 3.85. The molecule has 116 valence electrons. The van der Waals surface area contributed by atoms with Crippen LogP contribution in [-0.4, -0.2) is 34.3 Å². The van der Waals surface area contributed by atoms with E-state index in [0.29, 0.717) is 25.9 Å². The summed E-state index contributed by atoms with van der Waals surface area (Å²) >= 11 is 0. The Kier molecular flexibility index (Phi) is 4.29. The highest BCUT2D eigenvalue weighted by atomic mass is 19.1. The molecule has 0 amide bonds. The van der Waals surface area contributed by atoms with Gasteiger partial charge >= 0.3 is 0 Å². The molecule has 1 aliphatic heterocycles. The number of hydrogen-bond donors (Lipinski definition) is 0. The van der Waals surface area contributed by atoms with E-state index in [0.717, 1.165) is 5.56 Å². The lowest BCUT2D eigenvalue weighted by molar-refractivity contribution is 0.0952. The Labute approximate surface area is 128 Å². The Morgan fingerprint density at radius 3 is 2.91 bits per heavy atom. The minimum atomic E-state index is -1.18. The molecule has 3 rings (SSSR count). The van der Waals surface area contributed by atoms with E-state index >= 15 is 0 Å². The number of carbonyl (C=O) groups is 1. The van der Waals surface area contributed by atoms with E-state index in [1.54, 1.807) is 11.8 Å². The zero-order valence-corrected chi connectivity index (χ0v) is 12.4. The first-order chi connectivity index (χ1) is 10.7. The average molecular weight is 303 g/mol. The maximum atomic E-state index is 14.2. The molecule has 1 aliphatic rings. The fourth-order valence-electron chi connectivity index (χ4n) is 2.74. The van der Waals surface area contributed by atoms with Crippen LogP contribution in [0.4, 0.5) is 4.39 Å². The second-order valence-electron chi connectivity index (χ2n) is 5.39. The molecular formula is C16H18FN3O2. The molecule has 2 aromatic rings. The van der Waals surface area contributed by atoms with Crippen molar-refractivity contribution in [1.29, 1.82) is 0 Å². The van der Waals surface area contributed by atoms with Crippen molar-refractivity contribution in [3.8, 4) is 0 Å². The highest BCUT2D eigenvalue weighted by Crippen LogP contribution is 2.39. The van der Waals surface area contributed by atoms with Crippen LogP contribution in [0.15, 0.2) is 30.3 Å². The molecular weight excluding hydrogens is 285 g/mol. The Hall–Kier alpha value is -2.08. The van der Waals surface area contributed by atoms with Crippen molar-refractivity contribution in [2.45, 2.75) is 31.5 Å². The molecule has 0 saturated carbocycles. The summed E-state index contributed by atoms with van der Waals surface area (Å²) in [5.74, 6) is 0.191. The van der Waals surface area contributed by atoms with E-state index in [4.69, 9.17) is 4.74 Å². The van der Waals surface area contributed by atoms with Crippen molar-refractivity contribution in [3.63, 3.8) is 0 Å². The number of ketones is 1. The summed E-state index contributed by atoms with van der Waals surface area (Å²) in [4.78, 5) is 16.2. The Bertz CT molecular complexity index is 657. The number of carbonyl (C=O) groups excluding carboxylic acids is 1. The predicted octanol–water partition coefficient (Wildman–Crippen LogP) is 2.89. The molecule has 2 heterocycles. The van der Waals surface area contributed by atoms with Crippen molar-refractivity contribution in [1.82, 2.24) is 14.8 Å². The topological polar surface area (TPSA) is 57.0 Å². The van der Waals surface area contributed by atoms with Gasteiger partial charge in [0.2, 0.25) is 11.6 Å². The fraction of sp³-hybridized carbons (Fsp3) is 0.438. The van der Waals surface area contributed by atoms with Crippen LogP contribution in [-0.2, 0) is 4.74 Å². The molecule has 0 fully saturated rings. The summed E-state index contributed by atoms with van der Waals surface area (Å²) in [6, 6.07) is 9.42. The number of Topliss-reactive ketones (excluding diaryl/α,β-unsaturated/α-hetero) is 1. The van der Waals surface area contributed by atoms with E-state index in [9.17, 15) is 9.18 Å². The van der Waals surface area contributed by atoms with Crippen LogP contribution in [0.1, 0.15) is 53.5 Å². The first kappa shape index (κ1) is 14.8. The molecule has 0 spiro atoms. The standard InChI is InChI=1S/C16H18FN3O2/c1-22-9-5-8-14(21)15-18-16-12(17)10-13(20(16)19-15)11-6-3-2-4-7-11/h2-4,6-7,12-13H,5,8-10H2,1H3. The number of fused-ring (bicyclic) bond motifs is 1. The Morgan fingerprint density at radius 1 is 1.41 bits per heavy atom. The highest BCUT2D eigenvalue weighted by Gasteiger charge is 2.36. The van der Waals surface area contributed by atoms with Gasteiger partial charge in [0, 0.05) is 26.6 Å². The maximum absolute atomic E-state index is 14.2. The Morgan fingerprint density at radius 2 is 2.18 bits per heavy atom. The monoisotopic (exact) mass is 303 g/mol. The van der Waals surface area contributed by atoms with Gasteiger partial charge in [-0.15, -0.1) is 5.10 Å². The Balaban J connectivity index is 1.82. The number of rotatable bonds is 6. The minimum Gasteiger partial charge on any atom is -0.385 e. The zero-order chi connectivity index (χ0) is 15.5. The van der Waals surface area contributed by atoms with Crippen molar-refractivity contribution >= 4 is 5.78 Å². The van der Waals surface area contributed by atoms with Crippen LogP contribution >= 0.6 is 0 Å². The molecule has 6 heteroatoms. The second-order valence-corrected chi connectivity index (χ2v) is 5.39. The smallest absolute Gasteiger partial charge is 0.217 e. The predicted molar refractivity (Wildman–Crippen MR) is 78.5 cm³/mol. The summed E-state index contributed by atoms with van der Waals surface area (Å²) in [5.41, 5.74) is 0.979. The van der Waals surface area contributed by atoms with E-state index in [2.05, 4.69) is 10.1 Å². The van der Waals surface area contributed by atoms with Crippen molar-refractivity contribution in [2.24, 2.45) is 0 Å². The number of benzene rings is 1. The molecule has 0 bridgehead atoms. The summed E-state index contributed by atoms with van der Waals surface area (Å²) in [7, 11) is 1.59. The molecule has 2 unspecified atom stereocenters. The van der Waals surface area contributed by atoms with Crippen LogP contribution in [0, 0.1) is 0 Å². The maximum Gasteiger partial charge on any atom is 0.217 e. The molecule has 0 saturated heterocycles. The fourth-order valence-corrected chi connectivity index (χ4v) is 2.74. The number of hydrogen-bond acceptors (Lipinski definition) is 4. The van der Waals surface area contributed by atoms with Gasteiger partial charge in [0.25, 0.3) is 0 Å². The molecule has 0 N–H and O–H groups in total. The molecule has 2 atom stereocenters. The summed E-state index contributed by atoms with van der Waals surface area (Å²) in [6.45, 7) is 0.512. The SMILES string of the molecule is COCCCC(=O)c1nc2n(n1)C(c1ccccc1)CC2F. The molecule has 1 aromatic carbocycles. The van der Waals surface area contributed by atoms with Crippen LogP contribution in [0.3, 0.4) is 0 Å². The van der Waals surface area contributed by atoms with Crippen molar-refractivity contribution < 1.29 is 13.9 Å². The van der Waals surface area contributed by atoms with Crippen LogP contribution < -0.4 is 0 Å². The molecule has 0 aliphatic carbocycles. The number of ether oxygens (including phenoxy) is 1. The van der Waals surface area contributed by atoms with E-state index in [-0.39, 0.29) is 23.5 Å². The lowest BCUT2D eigenvalue weighted by Gasteiger charge is -2.11. The number of nitrogens with zero attached hydrogens (tertiary/aromatic N) is 3. The summed E-state index contributed by atoms with van der Waals surface area (Å²) in [5, 5.41) is 4.25. The summed E-state index contributed by atoms with van der Waals surface area (Å²) in [6.07, 6.45) is 0.0560. The number of aromatic nitrogens is 3. The highest BCUT2D eigenvalue weighted by molar-refractivity contribution is 5.92. The first-order valence-electron chi connectivity index (χ1n) is 7.38. The lowest BCUT2D eigenvalue weighted by atomic mass is 10.0. The van der Waals surface area contributed by atoms with Gasteiger partial charge in [-0.1, -0.05) is 30.3 Å². The number of alkyl halides is 1. The number of halogens is 1. The second kappa shape index (κ2) is 6.36. The van der Waals surface area contributed by atoms with Gasteiger partial charge < -0.3 is 4.74 Å². The third-order valence-corrected chi connectivity index (χ3v) is 3.85. The van der Waals surface area contributed by atoms with Crippen molar-refractivity contribution in [2.75, 3.05) is 13.7 Å². The first-order valence-corrected chi connectivity index (χ1v) is 7.38. The normalized spacial score (nSPS) is 20.1. The largest absolute Gasteiger partial charge is 0.385 e. The minimum absolute atomic E-state index is 0.106. The van der Waals surface area contributed by atoms with E-state index in [1.165, 1.54) is 0 Å². The molecule has 1 aromatic heterocycles. The molecule has 0 radical (unpaired) electrons. The van der Waals surface area contributed by atoms with Gasteiger partial charge in [-0.2, -0.15) is 0 Å². The van der Waals surface area contributed by atoms with E-state index < -0.39 is 6.17 Å². The average Bonchev–Trinajstić information content (AvgIpc) is 3.09. The van der Waals surface area contributed by atoms with Gasteiger partial charge in [0.1, 0.15) is 0 Å². The summed E-state index contributed by atoms with van der Waals surface area (Å²) < 4.78 is 20.7. The van der Waals surface area contributed by atoms with Crippen LogP contribution in [0.25, 0.3) is 0 Å². The quantitative estimate of drug-likeness (QED) is 0.608.